The average Bonchev–Trinajstić information content (AvgIpc) is 3.19. The minimum atomic E-state index is -0.170. The summed E-state index contributed by atoms with van der Waals surface area (Å²) in [5.74, 6) is -0.170. The van der Waals surface area contributed by atoms with E-state index in [4.69, 9.17) is 0 Å². The number of rotatable bonds is 5. The Labute approximate surface area is 125 Å². The van der Waals surface area contributed by atoms with Crippen LogP contribution in [0.3, 0.4) is 0 Å². The molecule has 1 aliphatic rings. The molecule has 4 heteroatoms. The van der Waals surface area contributed by atoms with Crippen LogP contribution in [0.15, 0.2) is 24.4 Å². The van der Waals surface area contributed by atoms with E-state index >= 15 is 0 Å². The molecular weight excluding hydrogens is 265 g/mol. The Morgan fingerprint density at radius 3 is 2.67 bits per heavy atom. The minimum Gasteiger partial charge on any atom is -0.310 e. The maximum absolute atomic E-state index is 14.4. The van der Waals surface area contributed by atoms with E-state index in [0.717, 1.165) is 23.4 Å². The van der Waals surface area contributed by atoms with Gasteiger partial charge in [-0.25, -0.2) is 4.39 Å². The van der Waals surface area contributed by atoms with E-state index in [2.05, 4.69) is 24.3 Å². The van der Waals surface area contributed by atoms with Gasteiger partial charge in [0, 0.05) is 36.0 Å². The summed E-state index contributed by atoms with van der Waals surface area (Å²) < 4.78 is 16.3. The lowest BCUT2D eigenvalue weighted by Crippen LogP contribution is -2.15. The highest BCUT2D eigenvalue weighted by Crippen LogP contribution is 2.27. The van der Waals surface area contributed by atoms with Gasteiger partial charge in [0.25, 0.3) is 0 Å². The van der Waals surface area contributed by atoms with Crippen LogP contribution in [-0.4, -0.2) is 15.8 Å². The molecule has 3 nitrogen and oxygen atoms in total. The predicted octanol–water partition coefficient (Wildman–Crippen LogP) is 3.83. The summed E-state index contributed by atoms with van der Waals surface area (Å²) >= 11 is 0. The molecule has 21 heavy (non-hydrogen) atoms. The van der Waals surface area contributed by atoms with E-state index in [9.17, 15) is 4.39 Å². The van der Waals surface area contributed by atoms with E-state index in [1.807, 2.05) is 29.9 Å². The molecule has 3 rings (SSSR count). The van der Waals surface area contributed by atoms with Gasteiger partial charge in [0.1, 0.15) is 5.82 Å². The second-order valence-electron chi connectivity index (χ2n) is 6.17. The predicted molar refractivity (Wildman–Crippen MR) is 82.6 cm³/mol. The Kier molecular flexibility index (Phi) is 3.81. The van der Waals surface area contributed by atoms with Gasteiger partial charge in [-0.1, -0.05) is 12.1 Å². The highest BCUT2D eigenvalue weighted by Gasteiger charge is 2.20. The molecule has 1 aromatic carbocycles. The fraction of sp³-hybridized carbons (Fsp3) is 0.471. The number of aromatic nitrogens is 2. The highest BCUT2D eigenvalue weighted by molar-refractivity contribution is 5.66. The summed E-state index contributed by atoms with van der Waals surface area (Å²) in [6.07, 6.45) is 4.42. The zero-order valence-electron chi connectivity index (χ0n) is 12.9. The Hall–Kier alpha value is -1.68. The van der Waals surface area contributed by atoms with Crippen LogP contribution >= 0.6 is 0 Å². The van der Waals surface area contributed by atoms with Gasteiger partial charge in [-0.05, 0) is 45.2 Å². The molecule has 0 bridgehead atoms. The van der Waals surface area contributed by atoms with Crippen molar-refractivity contribution in [1.82, 2.24) is 15.1 Å². The number of aryl methyl sites for hydroxylation is 1. The molecule has 0 radical (unpaired) electrons. The molecule has 1 fully saturated rings. The fourth-order valence-electron chi connectivity index (χ4n) is 2.45. The van der Waals surface area contributed by atoms with Crippen molar-refractivity contribution in [2.45, 2.75) is 52.2 Å². The molecule has 0 aliphatic heterocycles. The second-order valence-corrected chi connectivity index (χ2v) is 6.17. The first-order valence-corrected chi connectivity index (χ1v) is 7.62. The number of hydrogen-bond donors (Lipinski definition) is 1. The van der Waals surface area contributed by atoms with Crippen molar-refractivity contribution >= 4 is 0 Å². The normalized spacial score (nSPS) is 14.9. The minimum absolute atomic E-state index is 0.170. The van der Waals surface area contributed by atoms with Crippen LogP contribution in [0.1, 0.15) is 44.0 Å². The molecule has 0 atom stereocenters. The van der Waals surface area contributed by atoms with Crippen LogP contribution in [0, 0.1) is 12.7 Å². The van der Waals surface area contributed by atoms with E-state index < -0.39 is 0 Å². The Morgan fingerprint density at radius 2 is 2.10 bits per heavy atom. The van der Waals surface area contributed by atoms with E-state index in [1.165, 1.54) is 12.8 Å². The van der Waals surface area contributed by atoms with Crippen LogP contribution in [0.5, 0.6) is 0 Å². The first-order chi connectivity index (χ1) is 10.0. The molecular formula is C17H22FN3. The topological polar surface area (TPSA) is 29.9 Å². The van der Waals surface area contributed by atoms with E-state index in [1.54, 1.807) is 6.07 Å². The average molecular weight is 287 g/mol. The molecule has 112 valence electrons. The van der Waals surface area contributed by atoms with Crippen molar-refractivity contribution in [3.8, 4) is 11.1 Å². The quantitative estimate of drug-likeness (QED) is 0.905. The van der Waals surface area contributed by atoms with Crippen LogP contribution in [0.2, 0.25) is 0 Å². The van der Waals surface area contributed by atoms with Crippen LogP contribution in [0.4, 0.5) is 4.39 Å². The standard InChI is InChI=1S/C17H22FN3/c1-11(2)21-10-16(12(3)20-21)15-7-4-13(8-17(15)18)9-19-14-5-6-14/h4,7-8,10-11,14,19H,5-6,9H2,1-3H3. The number of nitrogens with zero attached hydrogens (tertiary/aromatic N) is 2. The Bertz CT molecular complexity index is 641. The van der Waals surface area contributed by atoms with Crippen molar-refractivity contribution in [3.63, 3.8) is 0 Å². The first-order valence-electron chi connectivity index (χ1n) is 7.62. The van der Waals surface area contributed by atoms with Gasteiger partial charge in [0.2, 0.25) is 0 Å². The zero-order chi connectivity index (χ0) is 15.0. The summed E-state index contributed by atoms with van der Waals surface area (Å²) in [7, 11) is 0. The van der Waals surface area contributed by atoms with Crippen molar-refractivity contribution in [3.05, 3.63) is 41.5 Å². The third-order valence-electron chi connectivity index (χ3n) is 3.94. The number of benzene rings is 1. The third kappa shape index (κ3) is 3.16. The monoisotopic (exact) mass is 287 g/mol. The molecule has 1 heterocycles. The summed E-state index contributed by atoms with van der Waals surface area (Å²) in [5.41, 5.74) is 3.38. The third-order valence-corrected chi connectivity index (χ3v) is 3.94. The lowest BCUT2D eigenvalue weighted by Gasteiger charge is -2.07. The summed E-state index contributed by atoms with van der Waals surface area (Å²) in [6.45, 7) is 6.81. The molecule has 0 spiro atoms. The molecule has 0 unspecified atom stereocenters. The lowest BCUT2D eigenvalue weighted by atomic mass is 10.0. The largest absolute Gasteiger partial charge is 0.310 e. The van der Waals surface area contributed by atoms with Gasteiger partial charge in [-0.3, -0.25) is 4.68 Å². The van der Waals surface area contributed by atoms with Gasteiger partial charge < -0.3 is 5.32 Å². The molecule has 2 aromatic rings. The molecule has 1 aliphatic carbocycles. The number of hydrogen-bond acceptors (Lipinski definition) is 2. The zero-order valence-corrected chi connectivity index (χ0v) is 12.9. The summed E-state index contributed by atoms with van der Waals surface area (Å²) in [5, 5.41) is 7.86. The highest BCUT2D eigenvalue weighted by atomic mass is 19.1. The van der Waals surface area contributed by atoms with Gasteiger partial charge in [-0.15, -0.1) is 0 Å². The van der Waals surface area contributed by atoms with Gasteiger partial charge in [-0.2, -0.15) is 5.10 Å². The number of halogens is 1. The summed E-state index contributed by atoms with van der Waals surface area (Å²) in [4.78, 5) is 0. The second kappa shape index (κ2) is 5.60. The SMILES string of the molecule is Cc1nn(C(C)C)cc1-c1ccc(CNC2CC2)cc1F. The van der Waals surface area contributed by atoms with Crippen LogP contribution in [0.25, 0.3) is 11.1 Å². The van der Waals surface area contributed by atoms with Crippen molar-refractivity contribution in [2.75, 3.05) is 0 Å². The smallest absolute Gasteiger partial charge is 0.131 e. The summed E-state index contributed by atoms with van der Waals surface area (Å²) in [6, 6.07) is 6.42. The maximum Gasteiger partial charge on any atom is 0.131 e. The molecule has 1 N–H and O–H groups in total. The Balaban J connectivity index is 1.84. The van der Waals surface area contributed by atoms with Crippen LogP contribution in [-0.2, 0) is 6.54 Å². The molecule has 0 amide bonds. The first kappa shape index (κ1) is 14.3. The fourth-order valence-corrected chi connectivity index (χ4v) is 2.45. The number of nitrogens with one attached hydrogen (secondary N) is 1. The molecule has 1 aromatic heterocycles. The van der Waals surface area contributed by atoms with Gasteiger partial charge in [0.05, 0.1) is 5.69 Å². The van der Waals surface area contributed by atoms with E-state index in [-0.39, 0.29) is 11.9 Å². The Morgan fingerprint density at radius 1 is 1.33 bits per heavy atom. The lowest BCUT2D eigenvalue weighted by molar-refractivity contribution is 0.529. The van der Waals surface area contributed by atoms with Crippen molar-refractivity contribution < 1.29 is 4.39 Å². The molecule has 0 saturated heterocycles. The van der Waals surface area contributed by atoms with Crippen LogP contribution < -0.4 is 5.32 Å². The van der Waals surface area contributed by atoms with E-state index in [0.29, 0.717) is 11.6 Å². The molecule has 1 saturated carbocycles. The van der Waals surface area contributed by atoms with Crippen molar-refractivity contribution in [1.29, 1.82) is 0 Å². The van der Waals surface area contributed by atoms with Crippen molar-refractivity contribution in [2.24, 2.45) is 0 Å². The van der Waals surface area contributed by atoms with Gasteiger partial charge >= 0.3 is 0 Å². The maximum atomic E-state index is 14.4. The van der Waals surface area contributed by atoms with Gasteiger partial charge in [0.15, 0.2) is 0 Å².